The molecule has 1 heterocycles. The van der Waals surface area contributed by atoms with Crippen LogP contribution in [0.1, 0.15) is 15.9 Å². The molecule has 0 saturated heterocycles. The van der Waals surface area contributed by atoms with Gasteiger partial charge in [-0.3, -0.25) is 10.1 Å². The standard InChI is InChI=1S/C20H12Cl2N4O5S2/c1-33(29,30)20-26-25-19(32-20)24-17(27)12(10-23)8-11-2-5-14(6-3-11)31-18(28)15-7-4-13(21)9-16(15)22/h2-9H,1H3,(H,24,25,27)/b12-8-. The van der Waals surface area contributed by atoms with Crippen molar-refractivity contribution in [2.45, 2.75) is 4.34 Å². The molecule has 1 amide bonds. The van der Waals surface area contributed by atoms with Crippen LogP contribution >= 0.6 is 34.5 Å². The van der Waals surface area contributed by atoms with Crippen LogP contribution in [0, 0.1) is 11.3 Å². The minimum Gasteiger partial charge on any atom is -0.423 e. The number of nitrogens with zero attached hydrogens (tertiary/aromatic N) is 3. The average molecular weight is 523 g/mol. The number of hydrogen-bond acceptors (Lipinski definition) is 9. The normalized spacial score (nSPS) is 11.5. The summed E-state index contributed by atoms with van der Waals surface area (Å²) in [5.41, 5.74) is 0.355. The summed E-state index contributed by atoms with van der Waals surface area (Å²) in [6.45, 7) is 0. The van der Waals surface area contributed by atoms with E-state index in [-0.39, 0.29) is 31.4 Å². The molecule has 2 aromatic carbocycles. The van der Waals surface area contributed by atoms with Crippen molar-refractivity contribution in [3.8, 4) is 11.8 Å². The first-order valence-corrected chi connectivity index (χ1v) is 12.3. The lowest BCUT2D eigenvalue weighted by molar-refractivity contribution is -0.112. The molecule has 0 bridgehead atoms. The van der Waals surface area contributed by atoms with Crippen molar-refractivity contribution in [1.82, 2.24) is 10.2 Å². The number of sulfone groups is 1. The molecular formula is C20H12Cl2N4O5S2. The lowest BCUT2D eigenvalue weighted by Crippen LogP contribution is -2.13. The average Bonchev–Trinajstić information content (AvgIpc) is 3.22. The van der Waals surface area contributed by atoms with E-state index in [4.69, 9.17) is 27.9 Å². The molecule has 0 atom stereocenters. The van der Waals surface area contributed by atoms with Crippen molar-refractivity contribution >= 4 is 67.5 Å². The van der Waals surface area contributed by atoms with Gasteiger partial charge in [0, 0.05) is 11.3 Å². The van der Waals surface area contributed by atoms with Crippen molar-refractivity contribution < 1.29 is 22.7 Å². The number of hydrogen-bond donors (Lipinski definition) is 1. The van der Waals surface area contributed by atoms with Gasteiger partial charge >= 0.3 is 5.97 Å². The first-order chi connectivity index (χ1) is 15.6. The fourth-order valence-electron chi connectivity index (χ4n) is 2.34. The lowest BCUT2D eigenvalue weighted by atomic mass is 10.1. The number of amides is 1. The molecule has 0 aliphatic heterocycles. The lowest BCUT2D eigenvalue weighted by Gasteiger charge is -2.06. The highest BCUT2D eigenvalue weighted by molar-refractivity contribution is 7.92. The second-order valence-corrected chi connectivity index (χ2v) is 10.4. The Morgan fingerprint density at radius 2 is 1.85 bits per heavy atom. The van der Waals surface area contributed by atoms with E-state index in [9.17, 15) is 23.3 Å². The third-order valence-electron chi connectivity index (χ3n) is 3.86. The number of nitriles is 1. The number of esters is 1. The number of carbonyl (C=O) groups is 2. The Bertz CT molecular complexity index is 1410. The van der Waals surface area contributed by atoms with E-state index in [1.807, 2.05) is 0 Å². The van der Waals surface area contributed by atoms with Gasteiger partial charge in [-0.25, -0.2) is 13.2 Å². The number of nitrogens with one attached hydrogen (secondary N) is 1. The first kappa shape index (κ1) is 24.3. The fraction of sp³-hybridized carbons (Fsp3) is 0.0500. The van der Waals surface area contributed by atoms with Crippen LogP contribution in [0.15, 0.2) is 52.4 Å². The predicted molar refractivity (Wildman–Crippen MR) is 123 cm³/mol. The van der Waals surface area contributed by atoms with Crippen LogP contribution in [0.5, 0.6) is 5.75 Å². The SMILES string of the molecule is CS(=O)(=O)c1nnc(NC(=O)/C(C#N)=C\c2ccc(OC(=O)c3ccc(Cl)cc3Cl)cc2)s1. The summed E-state index contributed by atoms with van der Waals surface area (Å²) >= 11 is 12.5. The highest BCUT2D eigenvalue weighted by Crippen LogP contribution is 2.24. The molecule has 0 aliphatic rings. The summed E-state index contributed by atoms with van der Waals surface area (Å²) in [4.78, 5) is 24.6. The van der Waals surface area contributed by atoms with E-state index in [0.29, 0.717) is 21.9 Å². The Balaban J connectivity index is 1.70. The number of benzene rings is 2. The fourth-order valence-corrected chi connectivity index (χ4v) is 4.33. The zero-order chi connectivity index (χ0) is 24.2. The molecule has 0 saturated carbocycles. The topological polar surface area (TPSA) is 139 Å². The summed E-state index contributed by atoms with van der Waals surface area (Å²) in [5.74, 6) is -1.25. The minimum absolute atomic E-state index is 0.0651. The first-order valence-electron chi connectivity index (χ1n) is 8.81. The van der Waals surface area contributed by atoms with Crippen LogP contribution < -0.4 is 10.1 Å². The summed E-state index contributed by atoms with van der Waals surface area (Å²) < 4.78 is 27.9. The molecule has 3 rings (SSSR count). The van der Waals surface area contributed by atoms with Crippen LogP contribution in [0.4, 0.5) is 5.13 Å². The molecule has 1 aromatic heterocycles. The highest BCUT2D eigenvalue weighted by atomic mass is 35.5. The molecule has 0 unspecified atom stereocenters. The summed E-state index contributed by atoms with van der Waals surface area (Å²) in [7, 11) is -3.56. The predicted octanol–water partition coefficient (Wildman–Crippen LogP) is 4.01. The molecule has 1 N–H and O–H groups in total. The molecule has 0 spiro atoms. The second kappa shape index (κ2) is 10.1. The highest BCUT2D eigenvalue weighted by Gasteiger charge is 2.18. The summed E-state index contributed by atoms with van der Waals surface area (Å²) in [5, 5.41) is 19.2. The van der Waals surface area contributed by atoms with Crippen LogP contribution in [0.2, 0.25) is 10.0 Å². The smallest absolute Gasteiger partial charge is 0.345 e. The van der Waals surface area contributed by atoms with Crippen molar-refractivity contribution in [2.24, 2.45) is 0 Å². The molecule has 0 aliphatic carbocycles. The van der Waals surface area contributed by atoms with E-state index in [2.05, 4.69) is 15.5 Å². The summed E-state index contributed by atoms with van der Waals surface area (Å²) in [6, 6.07) is 12.2. The zero-order valence-corrected chi connectivity index (χ0v) is 19.7. The largest absolute Gasteiger partial charge is 0.423 e. The molecular weight excluding hydrogens is 511 g/mol. The van der Waals surface area contributed by atoms with Crippen LogP contribution in [0.25, 0.3) is 6.08 Å². The van der Waals surface area contributed by atoms with Crippen LogP contribution in [-0.2, 0) is 14.6 Å². The maximum atomic E-state index is 12.3. The molecule has 168 valence electrons. The molecule has 33 heavy (non-hydrogen) atoms. The van der Waals surface area contributed by atoms with E-state index in [0.717, 1.165) is 6.26 Å². The van der Waals surface area contributed by atoms with E-state index in [1.54, 1.807) is 6.07 Å². The Morgan fingerprint density at radius 1 is 1.15 bits per heavy atom. The van der Waals surface area contributed by atoms with Gasteiger partial charge < -0.3 is 4.74 Å². The van der Waals surface area contributed by atoms with Gasteiger partial charge in [-0.1, -0.05) is 46.7 Å². The number of halogens is 2. The van der Waals surface area contributed by atoms with Crippen molar-refractivity contribution in [2.75, 3.05) is 11.6 Å². The monoisotopic (exact) mass is 522 g/mol. The second-order valence-electron chi connectivity index (χ2n) is 6.35. The third kappa shape index (κ3) is 6.36. The number of anilines is 1. The van der Waals surface area contributed by atoms with E-state index < -0.39 is 21.7 Å². The van der Waals surface area contributed by atoms with E-state index >= 15 is 0 Å². The Kier molecular flexibility index (Phi) is 7.45. The zero-order valence-electron chi connectivity index (χ0n) is 16.6. The molecule has 0 radical (unpaired) electrons. The Labute approximate surface area is 202 Å². The quantitative estimate of drug-likeness (QED) is 0.168. The Morgan fingerprint density at radius 3 is 2.42 bits per heavy atom. The molecule has 3 aromatic rings. The maximum Gasteiger partial charge on any atom is 0.345 e. The van der Waals surface area contributed by atoms with Crippen LogP contribution in [0.3, 0.4) is 0 Å². The number of rotatable bonds is 6. The van der Waals surface area contributed by atoms with Crippen molar-refractivity contribution in [1.29, 1.82) is 5.26 Å². The van der Waals surface area contributed by atoms with Gasteiger partial charge in [0.05, 0.1) is 10.6 Å². The third-order valence-corrected chi connectivity index (χ3v) is 6.92. The Hall–Kier alpha value is -3.30. The van der Waals surface area contributed by atoms with E-state index in [1.165, 1.54) is 48.5 Å². The van der Waals surface area contributed by atoms with Crippen molar-refractivity contribution in [3.05, 3.63) is 69.2 Å². The maximum absolute atomic E-state index is 12.3. The van der Waals surface area contributed by atoms with Gasteiger partial charge in [0.15, 0.2) is 0 Å². The number of aromatic nitrogens is 2. The van der Waals surface area contributed by atoms with Crippen LogP contribution in [-0.4, -0.2) is 36.7 Å². The molecule has 9 nitrogen and oxygen atoms in total. The molecule has 0 fully saturated rings. The van der Waals surface area contributed by atoms with Gasteiger partial charge in [-0.05, 0) is 42.0 Å². The summed E-state index contributed by atoms with van der Waals surface area (Å²) in [6.07, 6.45) is 2.26. The minimum atomic E-state index is -3.56. The van der Waals surface area contributed by atoms with Gasteiger partial charge in [0.1, 0.15) is 17.4 Å². The van der Waals surface area contributed by atoms with Gasteiger partial charge in [-0.2, -0.15) is 5.26 Å². The molecule has 13 heteroatoms. The van der Waals surface area contributed by atoms with Gasteiger partial charge in [0.2, 0.25) is 19.3 Å². The number of carbonyl (C=O) groups excluding carboxylic acids is 2. The van der Waals surface area contributed by atoms with Crippen molar-refractivity contribution in [3.63, 3.8) is 0 Å². The number of ether oxygens (including phenoxy) is 1. The van der Waals surface area contributed by atoms with Gasteiger partial charge in [-0.15, -0.1) is 10.2 Å². The van der Waals surface area contributed by atoms with Gasteiger partial charge in [0.25, 0.3) is 5.91 Å².